The molecule has 1 rings (SSSR count). The molecule has 1 heterocycles. The van der Waals surface area contributed by atoms with Crippen molar-refractivity contribution in [3.63, 3.8) is 0 Å². The molecule has 0 fully saturated rings. The molecule has 0 amide bonds. The molecule has 0 aliphatic carbocycles. The van der Waals surface area contributed by atoms with Crippen LogP contribution in [0.15, 0.2) is 20.9 Å². The molecule has 0 aromatic carbocycles. The number of rotatable bonds is 4. The maximum atomic E-state index is 12.1. The Hall–Kier alpha value is -0.760. The first-order valence-corrected chi connectivity index (χ1v) is 7.15. The Morgan fingerprint density at radius 1 is 1.47 bits per heavy atom. The van der Waals surface area contributed by atoms with E-state index in [0.29, 0.717) is 12.5 Å². The second-order valence-corrected chi connectivity index (χ2v) is 6.45. The summed E-state index contributed by atoms with van der Waals surface area (Å²) in [6.07, 6.45) is -5.02. The monoisotopic (exact) mass is 357 g/mol. The number of nitrogens with one attached hydrogen (secondary N) is 1. The lowest BCUT2D eigenvalue weighted by Crippen LogP contribution is -2.39. The van der Waals surface area contributed by atoms with Gasteiger partial charge < -0.3 is 10.2 Å². The van der Waals surface area contributed by atoms with Crippen LogP contribution in [0.2, 0.25) is 0 Å². The van der Waals surface area contributed by atoms with Gasteiger partial charge in [0.05, 0.1) is 16.8 Å². The van der Waals surface area contributed by atoms with Crippen LogP contribution in [0.5, 0.6) is 0 Å². The zero-order valence-corrected chi connectivity index (χ0v) is 13.0. The Balaban J connectivity index is 2.46. The summed E-state index contributed by atoms with van der Waals surface area (Å²) in [5, 5.41) is 2.70. The van der Waals surface area contributed by atoms with Crippen molar-refractivity contribution in [1.29, 1.82) is 0 Å². The van der Waals surface area contributed by atoms with Crippen molar-refractivity contribution in [2.45, 2.75) is 19.1 Å². The molecular formula is C11H15BrF3N3S. The van der Waals surface area contributed by atoms with Crippen LogP contribution in [0, 0.1) is 0 Å². The summed E-state index contributed by atoms with van der Waals surface area (Å²) in [6.45, 7) is 0.427. The van der Waals surface area contributed by atoms with Gasteiger partial charge in [-0.25, -0.2) is 0 Å². The summed E-state index contributed by atoms with van der Waals surface area (Å²) in [5.74, 6) is 0.453. The summed E-state index contributed by atoms with van der Waals surface area (Å²) < 4.78 is 37.2. The Kier molecular flexibility index (Phi) is 6.12. The van der Waals surface area contributed by atoms with Gasteiger partial charge >= 0.3 is 6.18 Å². The van der Waals surface area contributed by atoms with Gasteiger partial charge in [-0.15, -0.1) is 11.3 Å². The molecule has 0 aliphatic rings. The molecule has 0 saturated heterocycles. The van der Waals surface area contributed by atoms with Gasteiger partial charge in [-0.3, -0.25) is 4.99 Å². The van der Waals surface area contributed by atoms with E-state index < -0.39 is 12.6 Å². The quantitative estimate of drug-likeness (QED) is 0.659. The highest BCUT2D eigenvalue weighted by Crippen LogP contribution is 2.23. The maximum Gasteiger partial charge on any atom is 0.390 e. The van der Waals surface area contributed by atoms with Gasteiger partial charge in [0, 0.05) is 25.5 Å². The normalized spacial score (nSPS) is 12.6. The third kappa shape index (κ3) is 6.29. The summed E-state index contributed by atoms with van der Waals surface area (Å²) in [4.78, 5) is 6.86. The molecule has 0 spiro atoms. The zero-order chi connectivity index (χ0) is 14.5. The van der Waals surface area contributed by atoms with Gasteiger partial charge in [0.2, 0.25) is 0 Å². The van der Waals surface area contributed by atoms with Crippen LogP contribution >= 0.6 is 27.3 Å². The van der Waals surface area contributed by atoms with Crippen molar-refractivity contribution >= 4 is 33.2 Å². The Labute approximate surface area is 122 Å². The molecule has 108 valence electrons. The number of aliphatic imine (C=N–C) groups is 1. The molecule has 19 heavy (non-hydrogen) atoms. The fraction of sp³-hybridized carbons (Fsp3) is 0.545. The molecule has 0 atom stereocenters. The van der Waals surface area contributed by atoms with Crippen LogP contribution in [0.1, 0.15) is 11.3 Å². The van der Waals surface area contributed by atoms with E-state index in [0.717, 1.165) is 8.66 Å². The van der Waals surface area contributed by atoms with Crippen LogP contribution in [0.25, 0.3) is 0 Å². The summed E-state index contributed by atoms with van der Waals surface area (Å²) in [5.41, 5.74) is 0. The van der Waals surface area contributed by atoms with E-state index in [1.807, 2.05) is 12.1 Å². The van der Waals surface area contributed by atoms with E-state index in [1.54, 1.807) is 30.3 Å². The van der Waals surface area contributed by atoms with E-state index in [1.165, 1.54) is 0 Å². The molecule has 0 saturated carbocycles. The molecule has 0 aliphatic heterocycles. The maximum absolute atomic E-state index is 12.1. The van der Waals surface area contributed by atoms with Gasteiger partial charge in [0.15, 0.2) is 5.96 Å². The van der Waals surface area contributed by atoms with Gasteiger partial charge in [-0.1, -0.05) is 0 Å². The highest BCUT2D eigenvalue weighted by Gasteiger charge is 2.26. The first kappa shape index (κ1) is 16.3. The lowest BCUT2D eigenvalue weighted by atomic mass is 10.4. The van der Waals surface area contributed by atoms with Crippen LogP contribution in [-0.2, 0) is 6.54 Å². The van der Waals surface area contributed by atoms with Gasteiger partial charge in [-0.05, 0) is 28.1 Å². The summed E-state index contributed by atoms with van der Waals surface area (Å²) in [7, 11) is 3.34. The standard InChI is InChI=1S/C11H15BrF3N3S/c1-16-10(17-6-5-11(13,14)15)18(2)7-8-3-4-9(12)19-8/h3-4H,5-7H2,1-2H3,(H,16,17). The highest BCUT2D eigenvalue weighted by atomic mass is 79.9. The van der Waals surface area contributed by atoms with E-state index in [2.05, 4.69) is 26.2 Å². The fourth-order valence-corrected chi connectivity index (χ4v) is 2.98. The van der Waals surface area contributed by atoms with Crippen molar-refractivity contribution in [1.82, 2.24) is 10.2 Å². The van der Waals surface area contributed by atoms with Crippen LogP contribution in [0.4, 0.5) is 13.2 Å². The third-order valence-electron chi connectivity index (χ3n) is 2.29. The van der Waals surface area contributed by atoms with Crippen LogP contribution in [0.3, 0.4) is 0 Å². The molecule has 1 aromatic heterocycles. The third-order valence-corrected chi connectivity index (χ3v) is 3.90. The molecule has 3 nitrogen and oxygen atoms in total. The summed E-state index contributed by atoms with van der Waals surface area (Å²) >= 11 is 4.95. The molecule has 0 unspecified atom stereocenters. The number of hydrogen-bond donors (Lipinski definition) is 1. The number of halogens is 4. The minimum Gasteiger partial charge on any atom is -0.356 e. The summed E-state index contributed by atoms with van der Waals surface area (Å²) in [6, 6.07) is 3.90. The van der Waals surface area contributed by atoms with Crippen molar-refractivity contribution in [3.8, 4) is 0 Å². The smallest absolute Gasteiger partial charge is 0.356 e. The molecule has 0 radical (unpaired) electrons. The molecule has 0 bridgehead atoms. The highest BCUT2D eigenvalue weighted by molar-refractivity contribution is 9.11. The van der Waals surface area contributed by atoms with E-state index in [4.69, 9.17) is 0 Å². The first-order chi connectivity index (χ1) is 8.81. The predicted molar refractivity (Wildman–Crippen MR) is 75.5 cm³/mol. The topological polar surface area (TPSA) is 27.6 Å². The van der Waals surface area contributed by atoms with E-state index in [9.17, 15) is 13.2 Å². The van der Waals surface area contributed by atoms with E-state index >= 15 is 0 Å². The van der Waals surface area contributed by atoms with Gasteiger partial charge in [0.25, 0.3) is 0 Å². The molecular weight excluding hydrogens is 343 g/mol. The van der Waals surface area contributed by atoms with Crippen molar-refractivity contribution in [2.75, 3.05) is 20.6 Å². The molecule has 1 N–H and O–H groups in total. The minimum absolute atomic E-state index is 0.172. The molecule has 8 heteroatoms. The lowest BCUT2D eigenvalue weighted by molar-refractivity contribution is -0.132. The van der Waals surface area contributed by atoms with E-state index in [-0.39, 0.29) is 6.54 Å². The lowest BCUT2D eigenvalue weighted by Gasteiger charge is -2.21. The van der Waals surface area contributed by atoms with Crippen LogP contribution < -0.4 is 5.32 Å². The Morgan fingerprint density at radius 3 is 2.63 bits per heavy atom. The zero-order valence-electron chi connectivity index (χ0n) is 10.6. The molecule has 1 aromatic rings. The second-order valence-electron chi connectivity index (χ2n) is 3.90. The van der Waals surface area contributed by atoms with Crippen molar-refractivity contribution in [2.24, 2.45) is 4.99 Å². The second kappa shape index (κ2) is 7.14. The van der Waals surface area contributed by atoms with Crippen molar-refractivity contribution < 1.29 is 13.2 Å². The van der Waals surface area contributed by atoms with Crippen molar-refractivity contribution in [3.05, 3.63) is 20.8 Å². The Morgan fingerprint density at radius 2 is 2.16 bits per heavy atom. The predicted octanol–water partition coefficient (Wildman–Crippen LogP) is 3.47. The van der Waals surface area contributed by atoms with Gasteiger partial charge in [-0.2, -0.15) is 13.2 Å². The van der Waals surface area contributed by atoms with Gasteiger partial charge in [0.1, 0.15) is 0 Å². The number of nitrogens with zero attached hydrogens (tertiary/aromatic N) is 2. The minimum atomic E-state index is -4.15. The SMILES string of the molecule is CN=C(NCCC(F)(F)F)N(C)Cc1ccc(Br)s1. The average molecular weight is 358 g/mol. The number of thiophene rings is 1. The van der Waals surface area contributed by atoms with Crippen LogP contribution in [-0.4, -0.2) is 37.7 Å². The Bertz CT molecular complexity index is 431. The first-order valence-electron chi connectivity index (χ1n) is 5.54. The fourth-order valence-electron chi connectivity index (χ4n) is 1.45. The average Bonchev–Trinajstić information content (AvgIpc) is 2.68. The largest absolute Gasteiger partial charge is 0.390 e. The number of alkyl halides is 3. The number of hydrogen-bond acceptors (Lipinski definition) is 2. The number of guanidine groups is 1.